The van der Waals surface area contributed by atoms with Crippen LogP contribution in [0.15, 0.2) is 24.7 Å². The summed E-state index contributed by atoms with van der Waals surface area (Å²) < 4.78 is 3.80. The van der Waals surface area contributed by atoms with Gasteiger partial charge < -0.3 is 5.32 Å². The first-order valence-electron chi connectivity index (χ1n) is 5.98. The summed E-state index contributed by atoms with van der Waals surface area (Å²) in [7, 11) is 1.93. The molecule has 0 bridgehead atoms. The standard InChI is InChI=1S/C12H19N5/c1-3-5-17-10-11(8-14-17)7-13-9-12-4-6-16(2)15-12/h4,6,8,10,13H,3,5,7,9H2,1-2H3. The molecule has 5 nitrogen and oxygen atoms in total. The van der Waals surface area contributed by atoms with Crippen molar-refractivity contribution in [2.45, 2.75) is 33.0 Å². The third kappa shape index (κ3) is 3.42. The van der Waals surface area contributed by atoms with Crippen LogP contribution in [0.4, 0.5) is 0 Å². The molecule has 0 radical (unpaired) electrons. The van der Waals surface area contributed by atoms with Crippen LogP contribution in [0.2, 0.25) is 0 Å². The zero-order valence-corrected chi connectivity index (χ0v) is 10.4. The Morgan fingerprint density at radius 1 is 1.35 bits per heavy atom. The maximum atomic E-state index is 4.31. The van der Waals surface area contributed by atoms with E-state index in [1.54, 1.807) is 0 Å². The summed E-state index contributed by atoms with van der Waals surface area (Å²) in [6.45, 7) is 4.76. The van der Waals surface area contributed by atoms with Gasteiger partial charge in [0.05, 0.1) is 11.9 Å². The fourth-order valence-corrected chi connectivity index (χ4v) is 1.74. The molecule has 0 aliphatic rings. The Morgan fingerprint density at radius 3 is 2.94 bits per heavy atom. The number of hydrogen-bond donors (Lipinski definition) is 1. The Bertz CT molecular complexity index is 457. The van der Waals surface area contributed by atoms with Crippen LogP contribution < -0.4 is 5.32 Å². The average molecular weight is 233 g/mol. The van der Waals surface area contributed by atoms with Crippen LogP contribution >= 0.6 is 0 Å². The second kappa shape index (κ2) is 5.63. The summed E-state index contributed by atoms with van der Waals surface area (Å²) in [5, 5.41) is 12.0. The summed E-state index contributed by atoms with van der Waals surface area (Å²) >= 11 is 0. The molecule has 0 spiro atoms. The van der Waals surface area contributed by atoms with Crippen molar-refractivity contribution >= 4 is 0 Å². The van der Waals surface area contributed by atoms with Gasteiger partial charge in [0.25, 0.3) is 0 Å². The highest BCUT2D eigenvalue weighted by molar-refractivity contribution is 5.04. The number of nitrogens with one attached hydrogen (secondary N) is 1. The second-order valence-electron chi connectivity index (χ2n) is 4.20. The third-order valence-electron chi connectivity index (χ3n) is 2.54. The monoisotopic (exact) mass is 233 g/mol. The predicted molar refractivity (Wildman–Crippen MR) is 66.3 cm³/mol. The SMILES string of the molecule is CCCn1cc(CNCc2ccn(C)n2)cn1. The van der Waals surface area contributed by atoms with Crippen LogP contribution in [0.25, 0.3) is 0 Å². The minimum atomic E-state index is 0.791. The molecule has 5 heteroatoms. The molecule has 0 aliphatic heterocycles. The lowest BCUT2D eigenvalue weighted by Gasteiger charge is -1.99. The second-order valence-corrected chi connectivity index (χ2v) is 4.20. The minimum Gasteiger partial charge on any atom is -0.307 e. The Balaban J connectivity index is 1.77. The van der Waals surface area contributed by atoms with Gasteiger partial charge >= 0.3 is 0 Å². The van der Waals surface area contributed by atoms with E-state index in [0.29, 0.717) is 0 Å². The molecule has 0 unspecified atom stereocenters. The molecule has 0 atom stereocenters. The summed E-state index contributed by atoms with van der Waals surface area (Å²) in [5.41, 5.74) is 2.28. The Morgan fingerprint density at radius 2 is 2.24 bits per heavy atom. The average Bonchev–Trinajstić information content (AvgIpc) is 2.89. The van der Waals surface area contributed by atoms with Gasteiger partial charge in [-0.2, -0.15) is 10.2 Å². The van der Waals surface area contributed by atoms with E-state index in [1.807, 2.05) is 34.9 Å². The molecule has 0 saturated carbocycles. The highest BCUT2D eigenvalue weighted by Crippen LogP contribution is 1.99. The first-order chi connectivity index (χ1) is 8.28. The molecule has 2 rings (SSSR count). The maximum absolute atomic E-state index is 4.31. The van der Waals surface area contributed by atoms with Gasteiger partial charge in [-0.25, -0.2) is 0 Å². The van der Waals surface area contributed by atoms with Crippen LogP contribution in [0, 0.1) is 0 Å². The molecule has 0 fully saturated rings. The molecule has 2 heterocycles. The number of hydrogen-bond acceptors (Lipinski definition) is 3. The number of nitrogens with zero attached hydrogens (tertiary/aromatic N) is 4. The zero-order chi connectivity index (χ0) is 12.1. The van der Waals surface area contributed by atoms with Crippen LogP contribution in [0.1, 0.15) is 24.6 Å². The third-order valence-corrected chi connectivity index (χ3v) is 2.54. The smallest absolute Gasteiger partial charge is 0.0762 e. The van der Waals surface area contributed by atoms with E-state index in [0.717, 1.165) is 31.7 Å². The first kappa shape index (κ1) is 11.9. The lowest BCUT2D eigenvalue weighted by Crippen LogP contribution is -2.12. The van der Waals surface area contributed by atoms with E-state index >= 15 is 0 Å². The summed E-state index contributed by atoms with van der Waals surface area (Å²) in [5.74, 6) is 0. The van der Waals surface area contributed by atoms with Crippen molar-refractivity contribution in [3.63, 3.8) is 0 Å². The van der Waals surface area contributed by atoms with Gasteiger partial charge in [0.2, 0.25) is 0 Å². The molecule has 0 aliphatic carbocycles. The van der Waals surface area contributed by atoms with Crippen LogP contribution in [-0.2, 0) is 26.7 Å². The molecule has 2 aromatic heterocycles. The molecule has 17 heavy (non-hydrogen) atoms. The zero-order valence-electron chi connectivity index (χ0n) is 10.4. The van der Waals surface area contributed by atoms with E-state index in [-0.39, 0.29) is 0 Å². The van der Waals surface area contributed by atoms with Gasteiger partial charge in [-0.15, -0.1) is 0 Å². The lowest BCUT2D eigenvalue weighted by molar-refractivity contribution is 0.601. The van der Waals surface area contributed by atoms with Gasteiger partial charge in [0, 0.05) is 44.6 Å². The molecule has 2 aromatic rings. The summed E-state index contributed by atoms with van der Waals surface area (Å²) in [6.07, 6.45) is 7.08. The fraction of sp³-hybridized carbons (Fsp3) is 0.500. The normalized spacial score (nSPS) is 10.9. The lowest BCUT2D eigenvalue weighted by atomic mass is 10.3. The quantitative estimate of drug-likeness (QED) is 0.818. The van der Waals surface area contributed by atoms with Gasteiger partial charge in [-0.05, 0) is 12.5 Å². The molecule has 92 valence electrons. The molecular weight excluding hydrogens is 214 g/mol. The molecule has 0 amide bonds. The van der Waals surface area contributed by atoms with E-state index in [9.17, 15) is 0 Å². The molecular formula is C12H19N5. The van der Waals surface area contributed by atoms with Crippen molar-refractivity contribution < 1.29 is 0 Å². The van der Waals surface area contributed by atoms with Gasteiger partial charge in [-0.3, -0.25) is 9.36 Å². The maximum Gasteiger partial charge on any atom is 0.0762 e. The Labute approximate surface area is 101 Å². The van der Waals surface area contributed by atoms with Gasteiger partial charge in [0.1, 0.15) is 0 Å². The van der Waals surface area contributed by atoms with E-state index in [1.165, 1.54) is 5.56 Å². The fourth-order valence-electron chi connectivity index (χ4n) is 1.74. The first-order valence-corrected chi connectivity index (χ1v) is 5.98. The highest BCUT2D eigenvalue weighted by Gasteiger charge is 1.99. The van der Waals surface area contributed by atoms with Crippen molar-refractivity contribution in [1.29, 1.82) is 0 Å². The van der Waals surface area contributed by atoms with Crippen molar-refractivity contribution in [2.75, 3.05) is 0 Å². The van der Waals surface area contributed by atoms with Gasteiger partial charge in [0.15, 0.2) is 0 Å². The molecule has 0 aromatic carbocycles. The number of aryl methyl sites for hydroxylation is 2. The van der Waals surface area contributed by atoms with Gasteiger partial charge in [-0.1, -0.05) is 6.92 Å². The van der Waals surface area contributed by atoms with Crippen molar-refractivity contribution in [3.8, 4) is 0 Å². The van der Waals surface area contributed by atoms with E-state index in [4.69, 9.17) is 0 Å². The number of rotatable bonds is 6. The van der Waals surface area contributed by atoms with E-state index < -0.39 is 0 Å². The number of aromatic nitrogens is 4. The van der Waals surface area contributed by atoms with E-state index in [2.05, 4.69) is 28.6 Å². The van der Waals surface area contributed by atoms with Crippen molar-refractivity contribution in [2.24, 2.45) is 7.05 Å². The summed E-state index contributed by atoms with van der Waals surface area (Å²) in [6, 6.07) is 2.02. The van der Waals surface area contributed by atoms with Crippen molar-refractivity contribution in [3.05, 3.63) is 35.9 Å². The largest absolute Gasteiger partial charge is 0.307 e. The topological polar surface area (TPSA) is 47.7 Å². The molecule has 0 saturated heterocycles. The predicted octanol–water partition coefficient (Wildman–Crippen LogP) is 1.32. The highest BCUT2D eigenvalue weighted by atomic mass is 15.3. The summed E-state index contributed by atoms with van der Waals surface area (Å²) in [4.78, 5) is 0. The van der Waals surface area contributed by atoms with Crippen LogP contribution in [0.3, 0.4) is 0 Å². The Hall–Kier alpha value is -1.62. The van der Waals surface area contributed by atoms with Crippen LogP contribution in [0.5, 0.6) is 0 Å². The van der Waals surface area contributed by atoms with Crippen molar-refractivity contribution in [1.82, 2.24) is 24.9 Å². The molecule has 1 N–H and O–H groups in total. The Kier molecular flexibility index (Phi) is 3.93. The minimum absolute atomic E-state index is 0.791. The van der Waals surface area contributed by atoms with Crippen LogP contribution in [-0.4, -0.2) is 19.6 Å².